The van der Waals surface area contributed by atoms with Gasteiger partial charge in [0.25, 0.3) is 0 Å². The average molecular weight is 303 g/mol. The van der Waals surface area contributed by atoms with Gasteiger partial charge in [-0.15, -0.1) is 0 Å². The standard InChI is InChI=1S/C18H26N4/c1-6-20-11-13-22(16(20)4)18-9-7-8-17(14(18)2)21-12-10-19(5)15(21)3/h7-13,15-16H,6H2,1-5H3/t15-,16+/m0/s1/i1D3,6D2. The molecule has 0 fully saturated rings. The highest BCUT2D eigenvalue weighted by Gasteiger charge is 2.26. The maximum absolute atomic E-state index is 8.07. The first-order valence-electron chi connectivity index (χ1n) is 10.00. The number of nitrogens with zero attached hydrogens (tertiary/aromatic N) is 4. The van der Waals surface area contributed by atoms with E-state index in [9.17, 15) is 0 Å². The molecule has 2 atom stereocenters. The third-order valence-corrected chi connectivity index (χ3v) is 4.61. The molecular formula is C18H26N4. The summed E-state index contributed by atoms with van der Waals surface area (Å²) in [5, 5.41) is 0. The lowest BCUT2D eigenvalue weighted by molar-refractivity contribution is 0.335. The Labute approximate surface area is 140 Å². The normalized spacial score (nSPS) is 28.6. The Hall–Kier alpha value is -2.10. The van der Waals surface area contributed by atoms with Crippen LogP contribution in [0, 0.1) is 6.92 Å². The molecule has 0 aliphatic carbocycles. The van der Waals surface area contributed by atoms with Crippen molar-refractivity contribution >= 4 is 11.4 Å². The van der Waals surface area contributed by atoms with Crippen molar-refractivity contribution in [2.75, 3.05) is 23.3 Å². The second-order valence-electron chi connectivity index (χ2n) is 5.78. The van der Waals surface area contributed by atoms with Crippen LogP contribution in [0.2, 0.25) is 0 Å². The van der Waals surface area contributed by atoms with Crippen molar-refractivity contribution in [2.45, 2.75) is 40.0 Å². The van der Waals surface area contributed by atoms with E-state index in [1.54, 1.807) is 6.20 Å². The van der Waals surface area contributed by atoms with Gasteiger partial charge in [-0.2, -0.15) is 0 Å². The number of hydrogen-bond acceptors (Lipinski definition) is 4. The summed E-state index contributed by atoms with van der Waals surface area (Å²) in [5.74, 6) is 0. The van der Waals surface area contributed by atoms with Crippen LogP contribution in [0.25, 0.3) is 0 Å². The second kappa shape index (κ2) is 5.59. The fourth-order valence-electron chi connectivity index (χ4n) is 3.01. The van der Waals surface area contributed by atoms with Gasteiger partial charge in [0.2, 0.25) is 0 Å². The lowest BCUT2D eigenvalue weighted by Gasteiger charge is -2.33. The molecule has 0 amide bonds. The highest BCUT2D eigenvalue weighted by Crippen LogP contribution is 2.35. The molecule has 3 rings (SSSR count). The van der Waals surface area contributed by atoms with Crippen molar-refractivity contribution < 1.29 is 6.85 Å². The van der Waals surface area contributed by atoms with E-state index in [2.05, 4.69) is 22.8 Å². The van der Waals surface area contributed by atoms with Crippen LogP contribution in [0.3, 0.4) is 0 Å². The van der Waals surface area contributed by atoms with E-state index in [1.165, 1.54) is 11.1 Å². The Balaban J connectivity index is 1.92. The summed E-state index contributed by atoms with van der Waals surface area (Å²) in [4.78, 5) is 7.48. The van der Waals surface area contributed by atoms with Crippen molar-refractivity contribution in [3.05, 3.63) is 48.6 Å². The zero-order chi connectivity index (χ0) is 20.1. The van der Waals surface area contributed by atoms with Crippen LogP contribution in [0.1, 0.15) is 33.1 Å². The van der Waals surface area contributed by atoms with E-state index in [0.717, 1.165) is 16.9 Å². The molecule has 0 unspecified atom stereocenters. The molecule has 0 N–H and O–H groups in total. The molecule has 2 aliphatic heterocycles. The van der Waals surface area contributed by atoms with Crippen LogP contribution in [-0.2, 0) is 0 Å². The molecular weight excluding hydrogens is 272 g/mol. The molecule has 118 valence electrons. The van der Waals surface area contributed by atoms with Crippen molar-refractivity contribution in [3.63, 3.8) is 0 Å². The number of hydrogen-bond donors (Lipinski definition) is 0. The lowest BCUT2D eigenvalue weighted by atomic mass is 10.1. The molecule has 1 aromatic carbocycles. The monoisotopic (exact) mass is 303 g/mol. The smallest absolute Gasteiger partial charge is 0.102 e. The van der Waals surface area contributed by atoms with Gasteiger partial charge in [-0.05, 0) is 45.3 Å². The molecule has 4 heteroatoms. The first-order chi connectivity index (χ1) is 12.5. The lowest BCUT2D eigenvalue weighted by Crippen LogP contribution is -2.37. The molecule has 2 aliphatic rings. The topological polar surface area (TPSA) is 13.0 Å². The zero-order valence-corrected chi connectivity index (χ0v) is 13.5. The summed E-state index contributed by atoms with van der Waals surface area (Å²) in [7, 11) is 2.03. The van der Waals surface area contributed by atoms with Gasteiger partial charge in [-0.1, -0.05) is 6.07 Å². The summed E-state index contributed by atoms with van der Waals surface area (Å²) in [5.41, 5.74) is 3.05. The fourth-order valence-corrected chi connectivity index (χ4v) is 3.01. The largest absolute Gasteiger partial charge is 0.359 e. The van der Waals surface area contributed by atoms with E-state index in [0.29, 0.717) is 0 Å². The average Bonchev–Trinajstić information content (AvgIpc) is 3.11. The van der Waals surface area contributed by atoms with Gasteiger partial charge in [-0.25, -0.2) is 0 Å². The highest BCUT2D eigenvalue weighted by molar-refractivity contribution is 5.70. The van der Waals surface area contributed by atoms with Crippen LogP contribution in [-0.4, -0.2) is 35.7 Å². The Bertz CT molecular complexity index is 774. The highest BCUT2D eigenvalue weighted by atomic mass is 15.4. The minimum atomic E-state index is -2.74. The molecule has 0 aromatic heterocycles. The van der Waals surface area contributed by atoms with Gasteiger partial charge in [-0.3, -0.25) is 0 Å². The molecule has 4 nitrogen and oxygen atoms in total. The maximum Gasteiger partial charge on any atom is 0.102 e. The van der Waals surface area contributed by atoms with Crippen molar-refractivity contribution in [2.24, 2.45) is 0 Å². The predicted octanol–water partition coefficient (Wildman–Crippen LogP) is 3.52. The van der Waals surface area contributed by atoms with Crippen LogP contribution >= 0.6 is 0 Å². The van der Waals surface area contributed by atoms with Crippen LogP contribution in [0.15, 0.2) is 43.0 Å². The minimum Gasteiger partial charge on any atom is -0.359 e. The first kappa shape index (κ1) is 9.82. The molecule has 0 radical (unpaired) electrons. The summed E-state index contributed by atoms with van der Waals surface area (Å²) >= 11 is 0. The van der Waals surface area contributed by atoms with E-state index < -0.39 is 19.5 Å². The summed E-state index contributed by atoms with van der Waals surface area (Å²) in [6.07, 6.45) is 7.09. The number of rotatable bonds is 3. The minimum absolute atomic E-state index is 0.201. The van der Waals surface area contributed by atoms with Crippen molar-refractivity contribution in [3.8, 4) is 0 Å². The summed E-state index contributed by atoms with van der Waals surface area (Å²) in [6, 6.07) is 6.00. The van der Waals surface area contributed by atoms with E-state index in [4.69, 9.17) is 6.85 Å². The van der Waals surface area contributed by atoms with Gasteiger partial charge in [0.05, 0.1) is 0 Å². The molecule has 2 heterocycles. The first-order valence-corrected chi connectivity index (χ1v) is 7.50. The molecule has 0 saturated carbocycles. The van der Waals surface area contributed by atoms with Gasteiger partial charge >= 0.3 is 0 Å². The van der Waals surface area contributed by atoms with Gasteiger partial charge in [0.15, 0.2) is 0 Å². The zero-order valence-electron chi connectivity index (χ0n) is 18.5. The molecule has 22 heavy (non-hydrogen) atoms. The van der Waals surface area contributed by atoms with Crippen LogP contribution in [0.5, 0.6) is 0 Å². The molecule has 0 saturated heterocycles. The maximum atomic E-state index is 8.07. The van der Waals surface area contributed by atoms with Gasteiger partial charge in [0.1, 0.15) is 12.3 Å². The van der Waals surface area contributed by atoms with E-state index in [-0.39, 0.29) is 6.17 Å². The Morgan fingerprint density at radius 1 is 1.05 bits per heavy atom. The molecule has 0 spiro atoms. The SMILES string of the molecule is [2H]C([2H])([2H])C([2H])([2H])N1C=CN(c2cccc(N3C=CN(C)[C@@H]3C)c2C)[C@@H]1C. The van der Waals surface area contributed by atoms with Gasteiger partial charge < -0.3 is 19.6 Å². The number of anilines is 2. The van der Waals surface area contributed by atoms with Crippen LogP contribution in [0.4, 0.5) is 11.4 Å². The predicted molar refractivity (Wildman–Crippen MR) is 93.5 cm³/mol. The molecule has 1 aromatic rings. The second-order valence-corrected chi connectivity index (χ2v) is 5.78. The fraction of sp³-hybridized carbons (Fsp3) is 0.444. The third-order valence-electron chi connectivity index (χ3n) is 4.61. The quantitative estimate of drug-likeness (QED) is 0.847. The third kappa shape index (κ3) is 2.23. The van der Waals surface area contributed by atoms with E-state index in [1.807, 2.05) is 50.3 Å². The summed E-state index contributed by atoms with van der Waals surface area (Å²) < 4.78 is 38.7. The Morgan fingerprint density at radius 2 is 1.68 bits per heavy atom. The Morgan fingerprint density at radius 3 is 2.27 bits per heavy atom. The van der Waals surface area contributed by atoms with E-state index >= 15 is 0 Å². The summed E-state index contributed by atoms with van der Waals surface area (Å²) in [6.45, 7) is 0.779. The molecule has 0 bridgehead atoms. The van der Waals surface area contributed by atoms with Gasteiger partial charge in [0, 0.05) is 56.6 Å². The van der Waals surface area contributed by atoms with Crippen molar-refractivity contribution in [1.82, 2.24) is 9.80 Å². The Kier molecular flexibility index (Phi) is 2.50. The number of benzene rings is 1. The van der Waals surface area contributed by atoms with Crippen LogP contribution < -0.4 is 9.80 Å². The van der Waals surface area contributed by atoms with Crippen molar-refractivity contribution in [1.29, 1.82) is 0 Å².